The Morgan fingerprint density at radius 1 is 1.12 bits per heavy atom. The molecule has 1 fully saturated rings. The summed E-state index contributed by atoms with van der Waals surface area (Å²) >= 11 is 5.63. The maximum absolute atomic E-state index is 13.7. The van der Waals surface area contributed by atoms with Crippen LogP contribution in [0.4, 0.5) is 4.39 Å². The minimum atomic E-state index is -0.450. The van der Waals surface area contributed by atoms with Crippen LogP contribution in [-0.2, 0) is 6.54 Å². The standard InChI is InChI=1S/C19H19ClFN3/c1-23-8-10-24(11-9-23)14-16-4-2-15(3-5-16)6-7-17-13-22-19(20)12-18(17)21/h2-5,12-13H,8-11,14H2,1H3. The van der Waals surface area contributed by atoms with Crippen molar-refractivity contribution < 1.29 is 4.39 Å². The van der Waals surface area contributed by atoms with E-state index in [-0.39, 0.29) is 10.7 Å². The molecule has 0 unspecified atom stereocenters. The van der Waals surface area contributed by atoms with Gasteiger partial charge in [-0.1, -0.05) is 35.6 Å². The third-order valence-corrected chi connectivity index (χ3v) is 4.32. The Labute approximate surface area is 147 Å². The van der Waals surface area contributed by atoms with Crippen LogP contribution in [0.25, 0.3) is 0 Å². The van der Waals surface area contributed by atoms with E-state index in [0.717, 1.165) is 38.3 Å². The molecule has 0 aliphatic carbocycles. The van der Waals surface area contributed by atoms with Crippen LogP contribution >= 0.6 is 11.6 Å². The first-order chi connectivity index (χ1) is 11.6. The number of likely N-dealkylation sites (N-methyl/N-ethyl adjacent to an activating group) is 1. The van der Waals surface area contributed by atoms with Gasteiger partial charge in [-0.05, 0) is 24.7 Å². The predicted octanol–water partition coefficient (Wildman–Crippen LogP) is 3.02. The normalized spacial score (nSPS) is 15.8. The maximum atomic E-state index is 13.7. The van der Waals surface area contributed by atoms with E-state index in [4.69, 9.17) is 11.6 Å². The van der Waals surface area contributed by atoms with E-state index in [1.807, 2.05) is 12.1 Å². The zero-order valence-corrected chi connectivity index (χ0v) is 14.4. The molecule has 0 amide bonds. The van der Waals surface area contributed by atoms with E-state index in [1.54, 1.807) is 0 Å². The van der Waals surface area contributed by atoms with Gasteiger partial charge in [0.2, 0.25) is 0 Å². The lowest BCUT2D eigenvalue weighted by molar-refractivity contribution is 0.148. The third kappa shape index (κ3) is 4.55. The van der Waals surface area contributed by atoms with Crippen LogP contribution in [0.3, 0.4) is 0 Å². The van der Waals surface area contributed by atoms with Gasteiger partial charge in [-0.15, -0.1) is 0 Å². The molecule has 0 saturated carbocycles. The zero-order valence-electron chi connectivity index (χ0n) is 13.6. The van der Waals surface area contributed by atoms with Crippen molar-refractivity contribution in [3.8, 4) is 11.8 Å². The number of hydrogen-bond acceptors (Lipinski definition) is 3. The summed E-state index contributed by atoms with van der Waals surface area (Å²) in [6.45, 7) is 5.38. The van der Waals surface area contributed by atoms with Gasteiger partial charge in [0.25, 0.3) is 0 Å². The summed E-state index contributed by atoms with van der Waals surface area (Å²) in [6, 6.07) is 9.28. The van der Waals surface area contributed by atoms with Gasteiger partial charge in [0.15, 0.2) is 0 Å². The fraction of sp³-hybridized carbons (Fsp3) is 0.316. The van der Waals surface area contributed by atoms with Gasteiger partial charge >= 0.3 is 0 Å². The molecular formula is C19H19ClFN3. The first kappa shape index (κ1) is 16.9. The summed E-state index contributed by atoms with van der Waals surface area (Å²) in [6.07, 6.45) is 1.35. The molecule has 0 radical (unpaired) electrons. The van der Waals surface area contributed by atoms with E-state index < -0.39 is 5.82 Å². The van der Waals surface area contributed by atoms with Gasteiger partial charge in [-0.25, -0.2) is 9.37 Å². The Hall–Kier alpha value is -1.93. The highest BCUT2D eigenvalue weighted by atomic mass is 35.5. The summed E-state index contributed by atoms with van der Waals surface area (Å²) in [7, 11) is 2.16. The van der Waals surface area contributed by atoms with Crippen LogP contribution in [0.2, 0.25) is 5.15 Å². The Kier molecular flexibility index (Phi) is 5.47. The average molecular weight is 344 g/mol. The SMILES string of the molecule is CN1CCN(Cc2ccc(C#Cc3cnc(Cl)cc3F)cc2)CC1. The molecule has 5 heteroatoms. The number of nitrogens with zero attached hydrogens (tertiary/aromatic N) is 3. The summed E-state index contributed by atoms with van der Waals surface area (Å²) in [5, 5.41) is 0.131. The Morgan fingerprint density at radius 3 is 2.50 bits per heavy atom. The van der Waals surface area contributed by atoms with E-state index in [0.29, 0.717) is 0 Å². The van der Waals surface area contributed by atoms with Crippen LogP contribution in [0, 0.1) is 17.7 Å². The van der Waals surface area contributed by atoms with Crippen molar-refractivity contribution in [3.05, 3.63) is 64.2 Å². The van der Waals surface area contributed by atoms with E-state index in [9.17, 15) is 4.39 Å². The summed E-state index contributed by atoms with van der Waals surface area (Å²) in [4.78, 5) is 8.65. The number of benzene rings is 1. The van der Waals surface area contributed by atoms with Gasteiger partial charge in [-0.3, -0.25) is 4.90 Å². The molecular weight excluding hydrogens is 325 g/mol. The molecule has 2 aromatic rings. The second-order valence-corrected chi connectivity index (χ2v) is 6.40. The molecule has 1 aliphatic rings. The third-order valence-electron chi connectivity index (χ3n) is 4.12. The highest BCUT2D eigenvalue weighted by Crippen LogP contribution is 2.12. The predicted molar refractivity (Wildman–Crippen MR) is 94.4 cm³/mol. The molecule has 1 aromatic carbocycles. The molecule has 0 spiro atoms. The van der Waals surface area contributed by atoms with Crippen LogP contribution in [0.15, 0.2) is 36.5 Å². The van der Waals surface area contributed by atoms with Crippen molar-refractivity contribution in [2.45, 2.75) is 6.54 Å². The molecule has 1 aliphatic heterocycles. The number of pyridine rings is 1. The molecule has 1 aromatic heterocycles. The molecule has 0 atom stereocenters. The Bertz CT molecular complexity index is 756. The van der Waals surface area contributed by atoms with Crippen molar-refractivity contribution in [1.29, 1.82) is 0 Å². The number of rotatable bonds is 2. The zero-order chi connectivity index (χ0) is 16.9. The van der Waals surface area contributed by atoms with Crippen molar-refractivity contribution in [3.63, 3.8) is 0 Å². The Balaban J connectivity index is 1.64. The molecule has 1 saturated heterocycles. The van der Waals surface area contributed by atoms with Crippen molar-refractivity contribution in [1.82, 2.24) is 14.8 Å². The second-order valence-electron chi connectivity index (χ2n) is 6.01. The molecule has 0 N–H and O–H groups in total. The van der Waals surface area contributed by atoms with Gasteiger partial charge in [-0.2, -0.15) is 0 Å². The lowest BCUT2D eigenvalue weighted by Crippen LogP contribution is -2.43. The van der Waals surface area contributed by atoms with E-state index >= 15 is 0 Å². The number of hydrogen-bond donors (Lipinski definition) is 0. The Morgan fingerprint density at radius 2 is 1.83 bits per heavy atom. The van der Waals surface area contributed by atoms with Crippen molar-refractivity contribution in [2.24, 2.45) is 0 Å². The van der Waals surface area contributed by atoms with Crippen LogP contribution in [0.1, 0.15) is 16.7 Å². The van der Waals surface area contributed by atoms with Gasteiger partial charge in [0, 0.05) is 50.6 Å². The lowest BCUT2D eigenvalue weighted by atomic mass is 10.1. The van der Waals surface area contributed by atoms with Crippen molar-refractivity contribution >= 4 is 11.6 Å². The molecule has 2 heterocycles. The number of aromatic nitrogens is 1. The fourth-order valence-electron chi connectivity index (χ4n) is 2.60. The minimum absolute atomic E-state index is 0.131. The van der Waals surface area contributed by atoms with Gasteiger partial charge in [0.1, 0.15) is 11.0 Å². The van der Waals surface area contributed by atoms with Crippen LogP contribution < -0.4 is 0 Å². The summed E-state index contributed by atoms with van der Waals surface area (Å²) in [5.74, 6) is 5.31. The molecule has 0 bridgehead atoms. The van der Waals surface area contributed by atoms with Crippen molar-refractivity contribution in [2.75, 3.05) is 33.2 Å². The van der Waals surface area contributed by atoms with Crippen LogP contribution in [-0.4, -0.2) is 48.0 Å². The number of piperazine rings is 1. The summed E-state index contributed by atoms with van der Waals surface area (Å²) < 4.78 is 13.7. The topological polar surface area (TPSA) is 19.4 Å². The number of halogens is 2. The first-order valence-electron chi connectivity index (χ1n) is 7.93. The minimum Gasteiger partial charge on any atom is -0.304 e. The molecule has 124 valence electrons. The maximum Gasteiger partial charge on any atom is 0.143 e. The molecule has 24 heavy (non-hydrogen) atoms. The van der Waals surface area contributed by atoms with Crippen LogP contribution in [0.5, 0.6) is 0 Å². The first-order valence-corrected chi connectivity index (χ1v) is 8.31. The highest BCUT2D eigenvalue weighted by Gasteiger charge is 2.13. The van der Waals surface area contributed by atoms with Gasteiger partial charge < -0.3 is 4.90 Å². The van der Waals surface area contributed by atoms with Gasteiger partial charge in [0.05, 0.1) is 5.56 Å². The highest BCUT2D eigenvalue weighted by molar-refractivity contribution is 6.29. The molecule has 3 rings (SSSR count). The second kappa shape index (κ2) is 7.76. The average Bonchev–Trinajstić information content (AvgIpc) is 2.57. The quantitative estimate of drug-likeness (QED) is 0.617. The molecule has 3 nitrogen and oxygen atoms in total. The smallest absolute Gasteiger partial charge is 0.143 e. The van der Waals surface area contributed by atoms with E-state index in [1.165, 1.54) is 17.8 Å². The largest absolute Gasteiger partial charge is 0.304 e. The lowest BCUT2D eigenvalue weighted by Gasteiger charge is -2.32. The summed E-state index contributed by atoms with van der Waals surface area (Å²) in [5.41, 5.74) is 2.37. The van der Waals surface area contributed by atoms with E-state index in [2.05, 4.69) is 45.8 Å². The monoisotopic (exact) mass is 343 g/mol. The fourth-order valence-corrected chi connectivity index (χ4v) is 2.74.